The van der Waals surface area contributed by atoms with E-state index in [1.807, 2.05) is 12.1 Å². The average Bonchev–Trinajstić information content (AvgIpc) is 2.43. The van der Waals surface area contributed by atoms with Crippen molar-refractivity contribution in [3.8, 4) is 0 Å². The van der Waals surface area contributed by atoms with Gasteiger partial charge in [0.05, 0.1) is 11.3 Å². The largest absolute Gasteiger partial charge is 0.384 e. The van der Waals surface area contributed by atoms with Crippen molar-refractivity contribution in [1.82, 2.24) is 5.32 Å². The van der Waals surface area contributed by atoms with Crippen LogP contribution in [0.2, 0.25) is 0 Å². The molecule has 1 amide bonds. The van der Waals surface area contributed by atoms with Crippen LogP contribution < -0.4 is 10.6 Å². The quantitative estimate of drug-likeness (QED) is 0.872. The molecular formula is C16H24N2O. The van der Waals surface area contributed by atoms with E-state index < -0.39 is 0 Å². The summed E-state index contributed by atoms with van der Waals surface area (Å²) in [5.74, 6) is 0.508. The molecule has 3 heteroatoms. The van der Waals surface area contributed by atoms with Gasteiger partial charge in [0.15, 0.2) is 0 Å². The number of rotatable bonds is 4. The highest BCUT2D eigenvalue weighted by Crippen LogP contribution is 2.26. The van der Waals surface area contributed by atoms with Crippen molar-refractivity contribution >= 4 is 11.6 Å². The van der Waals surface area contributed by atoms with Crippen molar-refractivity contribution in [3.05, 3.63) is 29.3 Å². The molecule has 1 unspecified atom stereocenters. The number of nitrogens with one attached hydrogen (secondary N) is 2. The van der Waals surface area contributed by atoms with Gasteiger partial charge in [-0.05, 0) is 36.8 Å². The first-order valence-corrected chi connectivity index (χ1v) is 7.30. The van der Waals surface area contributed by atoms with Gasteiger partial charge in [0.1, 0.15) is 0 Å². The third-order valence-electron chi connectivity index (χ3n) is 3.88. The van der Waals surface area contributed by atoms with Gasteiger partial charge in [-0.1, -0.05) is 32.9 Å². The maximum atomic E-state index is 12.4. The van der Waals surface area contributed by atoms with E-state index in [1.54, 1.807) is 0 Å². The van der Waals surface area contributed by atoms with Crippen LogP contribution in [0.4, 0.5) is 5.69 Å². The summed E-state index contributed by atoms with van der Waals surface area (Å²) in [7, 11) is 0. The Balaban J connectivity index is 2.19. The molecule has 0 fully saturated rings. The number of carbonyl (C=O) groups excluding carboxylic acids is 1. The molecule has 1 aromatic carbocycles. The topological polar surface area (TPSA) is 41.1 Å². The van der Waals surface area contributed by atoms with Crippen molar-refractivity contribution in [1.29, 1.82) is 0 Å². The van der Waals surface area contributed by atoms with Gasteiger partial charge >= 0.3 is 0 Å². The lowest BCUT2D eigenvalue weighted by molar-refractivity contribution is 0.0925. The van der Waals surface area contributed by atoms with Crippen molar-refractivity contribution in [3.63, 3.8) is 0 Å². The second-order valence-electron chi connectivity index (χ2n) is 5.60. The summed E-state index contributed by atoms with van der Waals surface area (Å²) in [5.41, 5.74) is 3.08. The average molecular weight is 260 g/mol. The maximum Gasteiger partial charge on any atom is 0.253 e. The minimum absolute atomic E-state index is 0.0480. The minimum atomic E-state index is 0.0480. The number of carbonyl (C=O) groups is 1. The molecule has 2 rings (SSSR count). The number of hydrogen-bond donors (Lipinski definition) is 2. The Kier molecular flexibility index (Phi) is 4.46. The predicted octanol–water partition coefficient (Wildman–Crippen LogP) is 3.21. The lowest BCUT2D eigenvalue weighted by Crippen LogP contribution is -2.38. The van der Waals surface area contributed by atoms with Gasteiger partial charge in [0.2, 0.25) is 0 Å². The highest BCUT2D eigenvalue weighted by atomic mass is 16.1. The van der Waals surface area contributed by atoms with E-state index in [9.17, 15) is 4.79 Å². The number of para-hydroxylation sites is 1. The fraction of sp³-hybridized carbons (Fsp3) is 0.562. The van der Waals surface area contributed by atoms with Gasteiger partial charge in [-0.15, -0.1) is 0 Å². The second kappa shape index (κ2) is 6.09. The van der Waals surface area contributed by atoms with Gasteiger partial charge in [0.25, 0.3) is 5.91 Å². The summed E-state index contributed by atoms with van der Waals surface area (Å²) < 4.78 is 0. The van der Waals surface area contributed by atoms with E-state index >= 15 is 0 Å². The lowest BCUT2D eigenvalue weighted by atomic mass is 9.97. The Hall–Kier alpha value is -1.51. The molecule has 1 atom stereocenters. The first-order valence-electron chi connectivity index (χ1n) is 7.30. The highest BCUT2D eigenvalue weighted by molar-refractivity contribution is 6.00. The summed E-state index contributed by atoms with van der Waals surface area (Å²) in [5, 5.41) is 6.53. The molecule has 1 aliphatic heterocycles. The molecule has 104 valence electrons. The van der Waals surface area contributed by atoms with Gasteiger partial charge in [-0.2, -0.15) is 0 Å². The molecule has 0 saturated carbocycles. The zero-order valence-corrected chi connectivity index (χ0v) is 12.1. The first-order chi connectivity index (χ1) is 9.13. The van der Waals surface area contributed by atoms with Crippen LogP contribution in [0, 0.1) is 5.92 Å². The van der Waals surface area contributed by atoms with Crippen LogP contribution in [0.1, 0.15) is 49.5 Å². The normalized spacial score (nSPS) is 15.6. The molecule has 0 spiro atoms. The van der Waals surface area contributed by atoms with Gasteiger partial charge in [-0.25, -0.2) is 0 Å². The summed E-state index contributed by atoms with van der Waals surface area (Å²) >= 11 is 0. The zero-order chi connectivity index (χ0) is 13.8. The molecule has 0 aromatic heterocycles. The fourth-order valence-electron chi connectivity index (χ4n) is 2.68. The van der Waals surface area contributed by atoms with E-state index in [0.29, 0.717) is 5.92 Å². The Labute approximate surface area is 115 Å². The van der Waals surface area contributed by atoms with E-state index in [-0.39, 0.29) is 11.9 Å². The summed E-state index contributed by atoms with van der Waals surface area (Å²) in [4.78, 5) is 12.4. The Morgan fingerprint density at radius 2 is 2.21 bits per heavy atom. The van der Waals surface area contributed by atoms with Crippen molar-refractivity contribution in [2.24, 2.45) is 5.92 Å². The van der Waals surface area contributed by atoms with E-state index in [0.717, 1.165) is 37.1 Å². The number of aryl methyl sites for hydroxylation is 1. The van der Waals surface area contributed by atoms with Crippen LogP contribution in [-0.2, 0) is 6.42 Å². The minimum Gasteiger partial charge on any atom is -0.384 e. The second-order valence-corrected chi connectivity index (χ2v) is 5.60. The Morgan fingerprint density at radius 1 is 1.42 bits per heavy atom. The number of anilines is 1. The van der Waals surface area contributed by atoms with Crippen LogP contribution in [-0.4, -0.2) is 18.5 Å². The summed E-state index contributed by atoms with van der Waals surface area (Å²) in [6.45, 7) is 7.36. The van der Waals surface area contributed by atoms with E-state index in [1.165, 1.54) is 5.56 Å². The standard InChI is InChI=1S/C16H24N2O/c1-4-14(11(2)3)18-16(19)13-9-5-7-12-8-6-10-17-15(12)13/h5,7,9,11,14,17H,4,6,8,10H2,1-3H3,(H,18,19). The SMILES string of the molecule is CCC(NC(=O)c1cccc2c1NCCC2)C(C)C. The molecule has 2 N–H and O–H groups in total. The smallest absolute Gasteiger partial charge is 0.253 e. The fourth-order valence-corrected chi connectivity index (χ4v) is 2.68. The Bertz CT molecular complexity index is 454. The molecule has 1 aromatic rings. The van der Waals surface area contributed by atoms with Crippen molar-refractivity contribution in [2.45, 2.75) is 46.1 Å². The molecule has 3 nitrogen and oxygen atoms in total. The number of hydrogen-bond acceptors (Lipinski definition) is 2. The molecule has 1 aliphatic rings. The van der Waals surface area contributed by atoms with Crippen molar-refractivity contribution in [2.75, 3.05) is 11.9 Å². The molecule has 1 heterocycles. The Morgan fingerprint density at radius 3 is 2.89 bits per heavy atom. The molecule has 0 radical (unpaired) electrons. The van der Waals surface area contributed by atoms with Crippen LogP contribution in [0.5, 0.6) is 0 Å². The van der Waals surface area contributed by atoms with E-state index in [2.05, 4.69) is 37.5 Å². The van der Waals surface area contributed by atoms with Crippen LogP contribution in [0.25, 0.3) is 0 Å². The van der Waals surface area contributed by atoms with Gasteiger partial charge < -0.3 is 10.6 Å². The molecule has 0 bridgehead atoms. The number of benzene rings is 1. The van der Waals surface area contributed by atoms with Crippen LogP contribution in [0.3, 0.4) is 0 Å². The highest BCUT2D eigenvalue weighted by Gasteiger charge is 2.20. The number of fused-ring (bicyclic) bond motifs is 1. The third-order valence-corrected chi connectivity index (χ3v) is 3.88. The van der Waals surface area contributed by atoms with E-state index in [4.69, 9.17) is 0 Å². The number of amides is 1. The molecular weight excluding hydrogens is 236 g/mol. The zero-order valence-electron chi connectivity index (χ0n) is 12.1. The van der Waals surface area contributed by atoms with Gasteiger partial charge in [0, 0.05) is 12.6 Å². The first kappa shape index (κ1) is 13.9. The summed E-state index contributed by atoms with van der Waals surface area (Å²) in [6, 6.07) is 6.25. The maximum absolute atomic E-state index is 12.4. The molecule has 0 aliphatic carbocycles. The summed E-state index contributed by atoms with van der Waals surface area (Å²) in [6.07, 6.45) is 3.17. The predicted molar refractivity (Wildman–Crippen MR) is 79.6 cm³/mol. The lowest BCUT2D eigenvalue weighted by Gasteiger charge is -2.24. The molecule has 0 saturated heterocycles. The van der Waals surface area contributed by atoms with Gasteiger partial charge in [-0.3, -0.25) is 4.79 Å². The van der Waals surface area contributed by atoms with Crippen LogP contribution >= 0.6 is 0 Å². The third kappa shape index (κ3) is 3.09. The molecule has 19 heavy (non-hydrogen) atoms. The monoisotopic (exact) mass is 260 g/mol. The van der Waals surface area contributed by atoms with Crippen LogP contribution in [0.15, 0.2) is 18.2 Å². The van der Waals surface area contributed by atoms with Crippen molar-refractivity contribution < 1.29 is 4.79 Å².